The van der Waals surface area contributed by atoms with E-state index >= 15 is 0 Å². The van der Waals surface area contributed by atoms with Crippen LogP contribution >= 0.6 is 24.0 Å². The fourth-order valence-corrected chi connectivity index (χ4v) is 3.13. The largest absolute Gasteiger partial charge is 0.327 e. The van der Waals surface area contributed by atoms with E-state index in [9.17, 15) is 0 Å². The van der Waals surface area contributed by atoms with Gasteiger partial charge >= 0.3 is 0 Å². The molecule has 4 nitrogen and oxygen atoms in total. The smallest absolute Gasteiger partial charge is 0.137 e. The standard InChI is InChI=1S/C15H21ClN4.ClH/c1-15(2)10-19(6-5-13(15)17)9-12-7-18-14-4-3-11(16)8-20(12)14;/h3-4,7-8,13H,5-6,9-10,17H2,1-2H3;1H. The van der Waals surface area contributed by atoms with Crippen molar-refractivity contribution >= 4 is 29.7 Å². The molecule has 0 aromatic carbocycles. The van der Waals surface area contributed by atoms with Gasteiger partial charge in [0.05, 0.1) is 16.9 Å². The normalized spacial score (nSPS) is 22.2. The Balaban J connectivity index is 0.00000161. The molecule has 1 atom stereocenters. The number of fused-ring (bicyclic) bond motifs is 1. The zero-order valence-electron chi connectivity index (χ0n) is 12.4. The zero-order chi connectivity index (χ0) is 14.3. The second-order valence-electron chi connectivity index (χ2n) is 6.42. The van der Waals surface area contributed by atoms with Crippen LogP contribution in [0.2, 0.25) is 5.02 Å². The van der Waals surface area contributed by atoms with Gasteiger partial charge in [-0.25, -0.2) is 4.98 Å². The van der Waals surface area contributed by atoms with Crippen LogP contribution in [0, 0.1) is 5.41 Å². The number of hydrogen-bond acceptors (Lipinski definition) is 3. The topological polar surface area (TPSA) is 46.6 Å². The van der Waals surface area contributed by atoms with Crippen molar-refractivity contribution in [3.63, 3.8) is 0 Å². The van der Waals surface area contributed by atoms with Crippen molar-refractivity contribution in [1.29, 1.82) is 0 Å². The fraction of sp³-hybridized carbons (Fsp3) is 0.533. The molecule has 1 fully saturated rings. The Hall–Kier alpha value is -0.810. The first kappa shape index (κ1) is 16.6. The molecule has 6 heteroatoms. The molecule has 0 amide bonds. The molecule has 1 aliphatic rings. The van der Waals surface area contributed by atoms with E-state index in [1.807, 2.05) is 24.5 Å². The molecule has 0 bridgehead atoms. The Bertz CT molecular complexity index is 623. The van der Waals surface area contributed by atoms with E-state index in [1.54, 1.807) is 0 Å². The predicted octanol–water partition coefficient (Wildman–Crippen LogP) is 2.97. The molecule has 0 saturated carbocycles. The number of rotatable bonds is 2. The molecule has 3 rings (SSSR count). The van der Waals surface area contributed by atoms with Crippen LogP contribution < -0.4 is 5.73 Å². The van der Waals surface area contributed by atoms with Gasteiger partial charge in [-0.1, -0.05) is 25.4 Å². The van der Waals surface area contributed by atoms with E-state index in [1.165, 1.54) is 5.69 Å². The van der Waals surface area contributed by atoms with Gasteiger partial charge in [0.15, 0.2) is 0 Å². The van der Waals surface area contributed by atoms with E-state index in [0.717, 1.165) is 36.7 Å². The summed E-state index contributed by atoms with van der Waals surface area (Å²) in [5.74, 6) is 0. The molecular weight excluding hydrogens is 307 g/mol. The van der Waals surface area contributed by atoms with Crippen LogP contribution in [0.1, 0.15) is 26.0 Å². The highest BCUT2D eigenvalue weighted by Gasteiger charge is 2.33. The Kier molecular flexibility index (Phi) is 4.83. The maximum absolute atomic E-state index is 6.20. The lowest BCUT2D eigenvalue weighted by molar-refractivity contribution is 0.0887. The van der Waals surface area contributed by atoms with E-state index in [-0.39, 0.29) is 23.9 Å². The molecule has 0 aliphatic carbocycles. The van der Waals surface area contributed by atoms with Crippen LogP contribution in [0.3, 0.4) is 0 Å². The van der Waals surface area contributed by atoms with Gasteiger partial charge in [0.1, 0.15) is 5.65 Å². The summed E-state index contributed by atoms with van der Waals surface area (Å²) in [6.45, 7) is 7.43. The number of hydrogen-bond donors (Lipinski definition) is 1. The first-order valence-corrected chi connectivity index (χ1v) is 7.43. The van der Waals surface area contributed by atoms with Gasteiger partial charge in [-0.15, -0.1) is 12.4 Å². The Labute approximate surface area is 136 Å². The van der Waals surface area contributed by atoms with Crippen LogP contribution in [-0.4, -0.2) is 33.4 Å². The van der Waals surface area contributed by atoms with E-state index in [2.05, 4.69) is 28.1 Å². The minimum Gasteiger partial charge on any atom is -0.327 e. The Morgan fingerprint density at radius 3 is 2.90 bits per heavy atom. The Morgan fingerprint density at radius 2 is 2.19 bits per heavy atom. The molecule has 1 unspecified atom stereocenters. The third-order valence-electron chi connectivity index (χ3n) is 4.32. The monoisotopic (exact) mass is 328 g/mol. The number of piperidine rings is 1. The summed E-state index contributed by atoms with van der Waals surface area (Å²) >= 11 is 6.08. The number of nitrogens with two attached hydrogens (primary N) is 1. The predicted molar refractivity (Wildman–Crippen MR) is 89.1 cm³/mol. The quantitative estimate of drug-likeness (QED) is 0.921. The molecule has 3 heterocycles. The van der Waals surface area contributed by atoms with Crippen molar-refractivity contribution in [3.8, 4) is 0 Å². The van der Waals surface area contributed by atoms with Crippen molar-refractivity contribution in [3.05, 3.63) is 35.2 Å². The molecule has 0 radical (unpaired) electrons. The number of nitrogens with zero attached hydrogens (tertiary/aromatic N) is 3. The highest BCUT2D eigenvalue weighted by molar-refractivity contribution is 6.30. The molecule has 21 heavy (non-hydrogen) atoms. The molecule has 2 aromatic heterocycles. The molecule has 1 aliphatic heterocycles. The molecule has 1 saturated heterocycles. The number of imidazole rings is 1. The minimum atomic E-state index is 0. The Morgan fingerprint density at radius 1 is 1.43 bits per heavy atom. The van der Waals surface area contributed by atoms with Gasteiger partial charge in [-0.2, -0.15) is 0 Å². The van der Waals surface area contributed by atoms with Crippen LogP contribution in [-0.2, 0) is 6.54 Å². The average molecular weight is 329 g/mol. The number of likely N-dealkylation sites (tertiary alicyclic amines) is 1. The molecular formula is C15H22Cl2N4. The van der Waals surface area contributed by atoms with Crippen LogP contribution in [0.25, 0.3) is 5.65 Å². The van der Waals surface area contributed by atoms with E-state index in [4.69, 9.17) is 17.3 Å². The van der Waals surface area contributed by atoms with Gasteiger partial charge in [0.25, 0.3) is 0 Å². The zero-order valence-corrected chi connectivity index (χ0v) is 14.0. The van der Waals surface area contributed by atoms with Crippen molar-refractivity contribution < 1.29 is 0 Å². The third-order valence-corrected chi connectivity index (χ3v) is 4.55. The van der Waals surface area contributed by atoms with Gasteiger partial charge in [-0.05, 0) is 24.0 Å². The van der Waals surface area contributed by atoms with Gasteiger partial charge in [-0.3, -0.25) is 4.90 Å². The molecule has 2 aromatic rings. The lowest BCUT2D eigenvalue weighted by Gasteiger charge is -2.42. The SMILES string of the molecule is CC1(C)CN(Cc2cnc3ccc(Cl)cn23)CCC1N.Cl. The molecule has 2 N–H and O–H groups in total. The van der Waals surface area contributed by atoms with Crippen LogP contribution in [0.5, 0.6) is 0 Å². The van der Waals surface area contributed by atoms with E-state index in [0.29, 0.717) is 0 Å². The average Bonchev–Trinajstić information content (AvgIpc) is 2.76. The highest BCUT2D eigenvalue weighted by Crippen LogP contribution is 2.28. The lowest BCUT2D eigenvalue weighted by atomic mass is 9.80. The summed E-state index contributed by atoms with van der Waals surface area (Å²) in [6, 6.07) is 4.11. The highest BCUT2D eigenvalue weighted by atomic mass is 35.5. The molecule has 0 spiro atoms. The van der Waals surface area contributed by atoms with Crippen LogP contribution in [0.15, 0.2) is 24.5 Å². The molecule has 116 valence electrons. The first-order valence-electron chi connectivity index (χ1n) is 7.05. The summed E-state index contributed by atoms with van der Waals surface area (Å²) in [5.41, 5.74) is 8.48. The number of halogens is 2. The summed E-state index contributed by atoms with van der Waals surface area (Å²) in [6.07, 6.45) is 4.91. The van der Waals surface area contributed by atoms with Crippen molar-refractivity contribution in [1.82, 2.24) is 14.3 Å². The summed E-state index contributed by atoms with van der Waals surface area (Å²) in [7, 11) is 0. The van der Waals surface area contributed by atoms with Crippen molar-refractivity contribution in [2.45, 2.75) is 32.9 Å². The summed E-state index contributed by atoms with van der Waals surface area (Å²) in [4.78, 5) is 6.88. The summed E-state index contributed by atoms with van der Waals surface area (Å²) in [5, 5.41) is 0.734. The maximum Gasteiger partial charge on any atom is 0.137 e. The van der Waals surface area contributed by atoms with Crippen molar-refractivity contribution in [2.24, 2.45) is 11.1 Å². The second-order valence-corrected chi connectivity index (χ2v) is 6.86. The minimum absolute atomic E-state index is 0. The van der Waals surface area contributed by atoms with Crippen LogP contribution in [0.4, 0.5) is 0 Å². The number of aromatic nitrogens is 2. The maximum atomic E-state index is 6.20. The lowest BCUT2D eigenvalue weighted by Crippen LogP contribution is -2.52. The third kappa shape index (κ3) is 3.34. The van der Waals surface area contributed by atoms with Gasteiger partial charge in [0, 0.05) is 31.9 Å². The number of pyridine rings is 1. The second kappa shape index (κ2) is 6.13. The summed E-state index contributed by atoms with van der Waals surface area (Å²) < 4.78 is 2.07. The van der Waals surface area contributed by atoms with Gasteiger partial charge < -0.3 is 10.1 Å². The first-order chi connectivity index (χ1) is 9.45. The fourth-order valence-electron chi connectivity index (χ4n) is 2.97. The van der Waals surface area contributed by atoms with Gasteiger partial charge in [0.2, 0.25) is 0 Å². The van der Waals surface area contributed by atoms with Crippen molar-refractivity contribution in [2.75, 3.05) is 13.1 Å². The van der Waals surface area contributed by atoms with E-state index < -0.39 is 0 Å².